The standard InChI is InChI=1S/C16H14ClNO2/c1-3-18(2)16-14(17)15(19)13-11-7-5-4-6-10(11)8-9-12(13)20-16/h4-9H,3H2,1-2H3. The van der Waals surface area contributed by atoms with Crippen molar-refractivity contribution in [1.29, 1.82) is 0 Å². The van der Waals surface area contributed by atoms with Gasteiger partial charge in [-0.3, -0.25) is 4.79 Å². The highest BCUT2D eigenvalue weighted by atomic mass is 35.5. The highest BCUT2D eigenvalue weighted by molar-refractivity contribution is 6.33. The Hall–Kier alpha value is -2.00. The Labute approximate surface area is 121 Å². The van der Waals surface area contributed by atoms with Crippen molar-refractivity contribution >= 4 is 39.2 Å². The van der Waals surface area contributed by atoms with Crippen LogP contribution >= 0.6 is 11.6 Å². The molecule has 20 heavy (non-hydrogen) atoms. The maximum absolute atomic E-state index is 12.6. The van der Waals surface area contributed by atoms with Crippen molar-refractivity contribution in [3.63, 3.8) is 0 Å². The zero-order chi connectivity index (χ0) is 14.3. The van der Waals surface area contributed by atoms with Gasteiger partial charge >= 0.3 is 0 Å². The van der Waals surface area contributed by atoms with Gasteiger partial charge in [0.05, 0.1) is 5.39 Å². The summed E-state index contributed by atoms with van der Waals surface area (Å²) in [5.74, 6) is 0.418. The summed E-state index contributed by atoms with van der Waals surface area (Å²) in [4.78, 5) is 14.4. The van der Waals surface area contributed by atoms with Crippen LogP contribution in [0.5, 0.6) is 0 Å². The lowest BCUT2D eigenvalue weighted by Gasteiger charge is -2.17. The molecule has 0 aliphatic rings. The molecule has 0 radical (unpaired) electrons. The van der Waals surface area contributed by atoms with Gasteiger partial charge in [-0.25, -0.2) is 0 Å². The van der Waals surface area contributed by atoms with E-state index in [1.54, 1.807) is 0 Å². The fourth-order valence-corrected chi connectivity index (χ4v) is 2.59. The Morgan fingerprint density at radius 1 is 1.20 bits per heavy atom. The summed E-state index contributed by atoms with van der Waals surface area (Å²) in [6.07, 6.45) is 0. The van der Waals surface area contributed by atoms with Crippen molar-refractivity contribution in [1.82, 2.24) is 0 Å². The lowest BCUT2D eigenvalue weighted by molar-refractivity contribution is 0.589. The zero-order valence-electron chi connectivity index (χ0n) is 11.3. The number of anilines is 1. The largest absolute Gasteiger partial charge is 0.439 e. The van der Waals surface area contributed by atoms with E-state index in [2.05, 4.69) is 0 Å². The molecule has 0 unspecified atom stereocenters. The van der Waals surface area contributed by atoms with Crippen molar-refractivity contribution in [2.75, 3.05) is 18.5 Å². The molecule has 0 saturated heterocycles. The van der Waals surface area contributed by atoms with Gasteiger partial charge in [-0.15, -0.1) is 0 Å². The van der Waals surface area contributed by atoms with E-state index < -0.39 is 0 Å². The van der Waals surface area contributed by atoms with Crippen LogP contribution in [-0.4, -0.2) is 13.6 Å². The summed E-state index contributed by atoms with van der Waals surface area (Å²) in [5, 5.41) is 2.55. The molecule has 0 aliphatic heterocycles. The van der Waals surface area contributed by atoms with Crippen molar-refractivity contribution in [2.45, 2.75) is 6.92 Å². The molecule has 3 nitrogen and oxygen atoms in total. The zero-order valence-corrected chi connectivity index (χ0v) is 12.1. The van der Waals surface area contributed by atoms with Gasteiger partial charge in [0.15, 0.2) is 0 Å². The van der Waals surface area contributed by atoms with E-state index in [4.69, 9.17) is 16.0 Å². The molecular formula is C16H14ClNO2. The summed E-state index contributed by atoms with van der Waals surface area (Å²) in [5.41, 5.74) is 0.383. The Kier molecular flexibility index (Phi) is 3.14. The molecule has 2 aromatic carbocycles. The maximum atomic E-state index is 12.6. The molecular weight excluding hydrogens is 274 g/mol. The number of fused-ring (bicyclic) bond motifs is 3. The molecule has 1 heterocycles. The van der Waals surface area contributed by atoms with Crippen LogP contribution < -0.4 is 10.3 Å². The molecule has 0 fully saturated rings. The maximum Gasteiger partial charge on any atom is 0.218 e. The monoisotopic (exact) mass is 287 g/mol. The fraction of sp³-hybridized carbons (Fsp3) is 0.188. The average Bonchev–Trinajstić information content (AvgIpc) is 2.49. The summed E-state index contributed by atoms with van der Waals surface area (Å²) >= 11 is 6.20. The topological polar surface area (TPSA) is 33.5 Å². The highest BCUT2D eigenvalue weighted by Gasteiger charge is 2.16. The predicted octanol–water partition coefficient (Wildman–Crippen LogP) is 4.06. The highest BCUT2D eigenvalue weighted by Crippen LogP contribution is 2.30. The normalized spacial score (nSPS) is 11.2. The van der Waals surface area contributed by atoms with Gasteiger partial charge in [0.1, 0.15) is 10.6 Å². The number of halogens is 1. The second-order valence-corrected chi connectivity index (χ2v) is 5.10. The number of benzene rings is 2. The summed E-state index contributed by atoms with van der Waals surface area (Å²) in [7, 11) is 1.84. The third-order valence-electron chi connectivity index (χ3n) is 3.53. The second kappa shape index (κ2) is 4.84. The number of nitrogens with zero attached hydrogens (tertiary/aromatic N) is 1. The van der Waals surface area contributed by atoms with Crippen molar-refractivity contribution in [3.8, 4) is 0 Å². The van der Waals surface area contributed by atoms with E-state index in [0.29, 0.717) is 23.4 Å². The van der Waals surface area contributed by atoms with E-state index in [0.717, 1.165) is 10.8 Å². The Morgan fingerprint density at radius 2 is 1.95 bits per heavy atom. The van der Waals surface area contributed by atoms with E-state index >= 15 is 0 Å². The van der Waals surface area contributed by atoms with Gasteiger partial charge < -0.3 is 9.32 Å². The van der Waals surface area contributed by atoms with E-state index in [1.807, 2.05) is 55.3 Å². The predicted molar refractivity (Wildman–Crippen MR) is 83.9 cm³/mol. The van der Waals surface area contributed by atoms with Gasteiger partial charge in [0.2, 0.25) is 11.3 Å². The smallest absolute Gasteiger partial charge is 0.218 e. The minimum Gasteiger partial charge on any atom is -0.439 e. The van der Waals surface area contributed by atoms with Crippen LogP contribution in [0.25, 0.3) is 21.7 Å². The van der Waals surface area contributed by atoms with Crippen molar-refractivity contribution < 1.29 is 4.42 Å². The molecule has 0 bridgehead atoms. The molecule has 102 valence electrons. The van der Waals surface area contributed by atoms with Crippen LogP contribution in [0.2, 0.25) is 5.02 Å². The quantitative estimate of drug-likeness (QED) is 0.667. The van der Waals surface area contributed by atoms with Crippen LogP contribution in [0.15, 0.2) is 45.6 Å². The third kappa shape index (κ3) is 1.86. The number of hydrogen-bond donors (Lipinski definition) is 0. The molecule has 0 N–H and O–H groups in total. The Morgan fingerprint density at radius 3 is 2.70 bits per heavy atom. The van der Waals surface area contributed by atoms with Gasteiger partial charge in [0.25, 0.3) is 0 Å². The molecule has 0 spiro atoms. The molecule has 0 aliphatic carbocycles. The van der Waals surface area contributed by atoms with Crippen LogP contribution in [0.4, 0.5) is 5.88 Å². The molecule has 1 aromatic heterocycles. The van der Waals surface area contributed by atoms with Crippen LogP contribution in [0.3, 0.4) is 0 Å². The number of hydrogen-bond acceptors (Lipinski definition) is 3. The number of rotatable bonds is 2. The fourth-order valence-electron chi connectivity index (χ4n) is 2.32. The van der Waals surface area contributed by atoms with Crippen molar-refractivity contribution in [2.24, 2.45) is 0 Å². The molecule has 3 aromatic rings. The lowest BCUT2D eigenvalue weighted by atomic mass is 10.1. The van der Waals surface area contributed by atoms with Gasteiger partial charge in [0, 0.05) is 13.6 Å². The first-order valence-electron chi connectivity index (χ1n) is 6.48. The second-order valence-electron chi connectivity index (χ2n) is 4.72. The minimum absolute atomic E-state index is 0.137. The lowest BCUT2D eigenvalue weighted by Crippen LogP contribution is -2.19. The van der Waals surface area contributed by atoms with Crippen LogP contribution in [0, 0.1) is 0 Å². The first kappa shape index (κ1) is 13.0. The Bertz CT molecular complexity index is 854. The summed E-state index contributed by atoms with van der Waals surface area (Å²) in [6.45, 7) is 2.68. The SMILES string of the molecule is CCN(C)c1oc2ccc3ccccc3c2c(=O)c1Cl. The molecule has 3 rings (SSSR count). The third-order valence-corrected chi connectivity index (χ3v) is 3.87. The minimum atomic E-state index is -0.181. The van der Waals surface area contributed by atoms with Gasteiger partial charge in [-0.05, 0) is 23.8 Å². The summed E-state index contributed by atoms with van der Waals surface area (Å²) < 4.78 is 5.83. The Balaban J connectivity index is 2.47. The van der Waals surface area contributed by atoms with Gasteiger partial charge in [-0.2, -0.15) is 0 Å². The van der Waals surface area contributed by atoms with Crippen molar-refractivity contribution in [3.05, 3.63) is 51.6 Å². The van der Waals surface area contributed by atoms with Crippen LogP contribution in [0.1, 0.15) is 6.92 Å². The first-order valence-corrected chi connectivity index (χ1v) is 6.86. The molecule has 0 amide bonds. The van der Waals surface area contributed by atoms with E-state index in [-0.39, 0.29) is 10.5 Å². The van der Waals surface area contributed by atoms with Gasteiger partial charge in [-0.1, -0.05) is 41.9 Å². The molecule has 0 saturated carbocycles. The molecule has 4 heteroatoms. The van der Waals surface area contributed by atoms with E-state index in [1.165, 1.54) is 0 Å². The first-order chi connectivity index (χ1) is 9.63. The summed E-state index contributed by atoms with van der Waals surface area (Å²) in [6, 6.07) is 11.5. The average molecular weight is 288 g/mol. The molecule has 0 atom stereocenters. The van der Waals surface area contributed by atoms with Crippen LogP contribution in [-0.2, 0) is 0 Å². The van der Waals surface area contributed by atoms with E-state index in [9.17, 15) is 4.79 Å².